The summed E-state index contributed by atoms with van der Waals surface area (Å²) >= 11 is 0. The molecule has 0 aromatic heterocycles. The van der Waals surface area contributed by atoms with Crippen molar-refractivity contribution in [2.24, 2.45) is 0 Å². The summed E-state index contributed by atoms with van der Waals surface area (Å²) in [7, 11) is 0. The molecule has 0 spiro atoms. The molecule has 0 aliphatic heterocycles. The van der Waals surface area contributed by atoms with Gasteiger partial charge in [0.2, 0.25) is 0 Å². The van der Waals surface area contributed by atoms with Gasteiger partial charge in [0.05, 0.1) is 6.10 Å². The first-order valence-electron chi connectivity index (χ1n) is 2.40. The van der Waals surface area contributed by atoms with E-state index in [1.54, 1.807) is 0 Å². The summed E-state index contributed by atoms with van der Waals surface area (Å²) < 4.78 is 0. The molecule has 1 unspecified atom stereocenters. The second-order valence-corrected chi connectivity index (χ2v) is 1.69. The predicted octanol–water partition coefficient (Wildman–Crippen LogP) is -1.20. The van der Waals surface area contributed by atoms with E-state index in [0.717, 1.165) is 0 Å². The van der Waals surface area contributed by atoms with Gasteiger partial charge >= 0.3 is 5.97 Å². The van der Waals surface area contributed by atoms with Crippen molar-refractivity contribution in [2.45, 2.75) is 19.1 Å². The van der Waals surface area contributed by atoms with Gasteiger partial charge in [0.1, 0.15) is 0 Å². The fourth-order valence-corrected chi connectivity index (χ4v) is 0.369. The SMILES string of the molecule is CC(O)[C@H](NO)C(=O)O. The Morgan fingerprint density at radius 2 is 2.11 bits per heavy atom. The van der Waals surface area contributed by atoms with Crippen LogP contribution in [0.4, 0.5) is 0 Å². The largest absolute Gasteiger partial charge is 0.480 e. The molecule has 0 saturated carbocycles. The highest BCUT2D eigenvalue weighted by Gasteiger charge is 2.21. The number of nitrogens with one attached hydrogen (secondary N) is 1. The van der Waals surface area contributed by atoms with Crippen LogP contribution in [0.2, 0.25) is 0 Å². The molecule has 54 valence electrons. The molecule has 0 amide bonds. The maximum Gasteiger partial charge on any atom is 0.325 e. The summed E-state index contributed by atoms with van der Waals surface area (Å²) in [4.78, 5) is 9.99. The third kappa shape index (κ3) is 2.41. The molecule has 0 fully saturated rings. The number of hydrogen-bond acceptors (Lipinski definition) is 4. The van der Waals surface area contributed by atoms with E-state index in [9.17, 15) is 4.79 Å². The Kier molecular flexibility index (Phi) is 3.15. The highest BCUT2D eigenvalue weighted by atomic mass is 16.5. The Morgan fingerprint density at radius 3 is 2.11 bits per heavy atom. The van der Waals surface area contributed by atoms with Crippen LogP contribution < -0.4 is 5.48 Å². The minimum atomic E-state index is -1.30. The normalized spacial score (nSPS) is 16.8. The standard InChI is InChI=1S/C4H9NO4/c1-2(6)3(5-9)4(7)8/h2-3,5-6,9H,1H3,(H,7,8)/t2?,3-/m0/s1. The number of hydrogen-bond donors (Lipinski definition) is 4. The van der Waals surface area contributed by atoms with Crippen molar-refractivity contribution >= 4 is 5.97 Å². The fourth-order valence-electron chi connectivity index (χ4n) is 0.369. The number of carboxylic acid groups (broad SMARTS) is 1. The van der Waals surface area contributed by atoms with Crippen LogP contribution in [0.15, 0.2) is 0 Å². The Hall–Kier alpha value is -0.650. The zero-order chi connectivity index (χ0) is 7.44. The van der Waals surface area contributed by atoms with Gasteiger partial charge in [-0.3, -0.25) is 4.79 Å². The zero-order valence-corrected chi connectivity index (χ0v) is 4.90. The van der Waals surface area contributed by atoms with E-state index in [2.05, 4.69) is 0 Å². The van der Waals surface area contributed by atoms with Crippen LogP contribution in [0.25, 0.3) is 0 Å². The van der Waals surface area contributed by atoms with Crippen molar-refractivity contribution in [1.82, 2.24) is 5.48 Å². The quantitative estimate of drug-likeness (QED) is 0.365. The monoisotopic (exact) mass is 135 g/mol. The number of aliphatic hydroxyl groups is 1. The smallest absolute Gasteiger partial charge is 0.325 e. The molecule has 0 aromatic rings. The Labute approximate surface area is 51.9 Å². The minimum Gasteiger partial charge on any atom is -0.480 e. The maximum absolute atomic E-state index is 9.99. The molecule has 0 saturated heterocycles. The molecule has 5 nitrogen and oxygen atoms in total. The lowest BCUT2D eigenvalue weighted by molar-refractivity contribution is -0.145. The van der Waals surface area contributed by atoms with Gasteiger partial charge < -0.3 is 15.4 Å². The van der Waals surface area contributed by atoms with E-state index in [0.29, 0.717) is 0 Å². The summed E-state index contributed by atoms with van der Waals surface area (Å²) in [6, 6.07) is -1.30. The van der Waals surface area contributed by atoms with Crippen LogP contribution in [0, 0.1) is 0 Å². The molecular weight excluding hydrogens is 126 g/mol. The Bertz CT molecular complexity index is 103. The van der Waals surface area contributed by atoms with Gasteiger partial charge in [0.15, 0.2) is 6.04 Å². The number of rotatable bonds is 3. The molecule has 4 N–H and O–H groups in total. The topological polar surface area (TPSA) is 89.8 Å². The first-order valence-corrected chi connectivity index (χ1v) is 2.40. The minimum absolute atomic E-state index is 1.10. The molecule has 0 aromatic carbocycles. The molecule has 5 heteroatoms. The number of aliphatic carboxylic acids is 1. The number of hydroxylamine groups is 1. The van der Waals surface area contributed by atoms with E-state index in [1.807, 2.05) is 0 Å². The van der Waals surface area contributed by atoms with Gasteiger partial charge in [-0.1, -0.05) is 0 Å². The van der Waals surface area contributed by atoms with Crippen molar-refractivity contribution in [3.8, 4) is 0 Å². The van der Waals surface area contributed by atoms with Crippen LogP contribution in [0.3, 0.4) is 0 Å². The Balaban J connectivity index is 3.83. The first kappa shape index (κ1) is 8.35. The van der Waals surface area contributed by atoms with Crippen molar-refractivity contribution < 1.29 is 20.2 Å². The first-order chi connectivity index (χ1) is 4.09. The fraction of sp³-hybridized carbons (Fsp3) is 0.750. The second-order valence-electron chi connectivity index (χ2n) is 1.69. The van der Waals surface area contributed by atoms with Crippen molar-refractivity contribution in [1.29, 1.82) is 0 Å². The average Bonchev–Trinajstić information content (AvgIpc) is 1.64. The number of carbonyl (C=O) groups is 1. The third-order valence-corrected chi connectivity index (χ3v) is 0.888. The lowest BCUT2D eigenvalue weighted by Gasteiger charge is -2.11. The van der Waals surface area contributed by atoms with Gasteiger partial charge in [-0.15, -0.1) is 0 Å². The number of aliphatic hydroxyl groups excluding tert-OH is 1. The van der Waals surface area contributed by atoms with Crippen molar-refractivity contribution in [2.75, 3.05) is 0 Å². The highest BCUT2D eigenvalue weighted by Crippen LogP contribution is 1.89. The third-order valence-electron chi connectivity index (χ3n) is 0.888. The molecule has 9 heavy (non-hydrogen) atoms. The van der Waals surface area contributed by atoms with Gasteiger partial charge in [-0.25, -0.2) is 0 Å². The summed E-state index contributed by atoms with van der Waals surface area (Å²) in [5.74, 6) is -1.28. The molecule has 0 heterocycles. The molecular formula is C4H9NO4. The summed E-state index contributed by atoms with van der Waals surface area (Å²) in [6.07, 6.45) is -1.10. The summed E-state index contributed by atoms with van der Waals surface area (Å²) in [5.41, 5.74) is 1.45. The molecule has 0 rings (SSSR count). The van der Waals surface area contributed by atoms with Gasteiger partial charge in [-0.2, -0.15) is 5.48 Å². The van der Waals surface area contributed by atoms with Crippen LogP contribution in [-0.4, -0.2) is 33.5 Å². The van der Waals surface area contributed by atoms with Crippen molar-refractivity contribution in [3.05, 3.63) is 0 Å². The maximum atomic E-state index is 9.99. The predicted molar refractivity (Wildman–Crippen MR) is 28.0 cm³/mol. The van der Waals surface area contributed by atoms with E-state index >= 15 is 0 Å². The second kappa shape index (κ2) is 3.39. The Morgan fingerprint density at radius 1 is 1.67 bits per heavy atom. The van der Waals surface area contributed by atoms with E-state index < -0.39 is 18.1 Å². The average molecular weight is 135 g/mol. The van der Waals surface area contributed by atoms with Crippen molar-refractivity contribution in [3.63, 3.8) is 0 Å². The van der Waals surface area contributed by atoms with E-state index in [-0.39, 0.29) is 0 Å². The van der Waals surface area contributed by atoms with Crippen LogP contribution in [0.1, 0.15) is 6.92 Å². The summed E-state index contributed by atoms with van der Waals surface area (Å²) in [6.45, 7) is 1.27. The van der Waals surface area contributed by atoms with Gasteiger partial charge in [0, 0.05) is 0 Å². The molecule has 0 aliphatic carbocycles. The molecule has 0 aliphatic rings. The van der Waals surface area contributed by atoms with Crippen LogP contribution in [-0.2, 0) is 4.79 Å². The highest BCUT2D eigenvalue weighted by molar-refractivity contribution is 5.73. The van der Waals surface area contributed by atoms with E-state index in [4.69, 9.17) is 15.4 Å². The van der Waals surface area contributed by atoms with E-state index in [1.165, 1.54) is 12.4 Å². The lowest BCUT2D eigenvalue weighted by Crippen LogP contribution is -2.42. The molecule has 0 bridgehead atoms. The van der Waals surface area contributed by atoms with Gasteiger partial charge in [-0.05, 0) is 6.92 Å². The zero-order valence-electron chi connectivity index (χ0n) is 4.90. The lowest BCUT2D eigenvalue weighted by atomic mass is 10.2. The van der Waals surface area contributed by atoms with Gasteiger partial charge in [0.25, 0.3) is 0 Å². The molecule has 0 radical (unpaired) electrons. The number of carboxylic acids is 1. The molecule has 2 atom stereocenters. The summed E-state index contributed by atoms with van der Waals surface area (Å²) in [5, 5.41) is 24.8. The van der Waals surface area contributed by atoms with Crippen LogP contribution >= 0.6 is 0 Å². The van der Waals surface area contributed by atoms with Crippen LogP contribution in [0.5, 0.6) is 0 Å².